The number of fused-ring (bicyclic) bond motifs is 1. The van der Waals surface area contributed by atoms with Gasteiger partial charge >= 0.3 is 0 Å². The number of nitrogen functional groups attached to an aromatic ring is 1. The second-order valence-electron chi connectivity index (χ2n) is 4.25. The van der Waals surface area contributed by atoms with E-state index in [1.165, 1.54) is 6.42 Å². The summed E-state index contributed by atoms with van der Waals surface area (Å²) < 4.78 is 7.43. The van der Waals surface area contributed by atoms with E-state index < -0.39 is 0 Å². The summed E-state index contributed by atoms with van der Waals surface area (Å²) in [5.74, 6) is 1.72. The van der Waals surface area contributed by atoms with E-state index in [2.05, 4.69) is 16.5 Å². The number of hydrogen-bond acceptors (Lipinski definition) is 3. The van der Waals surface area contributed by atoms with Crippen molar-refractivity contribution in [2.75, 3.05) is 12.8 Å². The van der Waals surface area contributed by atoms with Gasteiger partial charge in [0.05, 0.1) is 23.8 Å². The molecule has 0 aliphatic rings. The summed E-state index contributed by atoms with van der Waals surface area (Å²) in [7, 11) is 1.62. The van der Waals surface area contributed by atoms with E-state index in [4.69, 9.17) is 10.5 Å². The Hall–Kier alpha value is -1.71. The number of rotatable bonds is 4. The molecule has 0 saturated heterocycles. The van der Waals surface area contributed by atoms with Crippen molar-refractivity contribution < 1.29 is 4.74 Å². The van der Waals surface area contributed by atoms with Crippen molar-refractivity contribution in [3.05, 3.63) is 18.0 Å². The smallest absolute Gasteiger partial charge is 0.144 e. The van der Waals surface area contributed by atoms with Crippen molar-refractivity contribution in [1.82, 2.24) is 9.55 Å². The predicted molar refractivity (Wildman–Crippen MR) is 70.3 cm³/mol. The molecule has 17 heavy (non-hydrogen) atoms. The monoisotopic (exact) mass is 233 g/mol. The van der Waals surface area contributed by atoms with Gasteiger partial charge in [0, 0.05) is 12.6 Å². The Morgan fingerprint density at radius 1 is 1.41 bits per heavy atom. The number of aryl methyl sites for hydroxylation is 2. The van der Waals surface area contributed by atoms with Crippen molar-refractivity contribution in [3.8, 4) is 5.75 Å². The molecule has 2 N–H and O–H groups in total. The first kappa shape index (κ1) is 11.8. The molecule has 0 spiro atoms. The average Bonchev–Trinajstić information content (AvgIpc) is 2.61. The van der Waals surface area contributed by atoms with Crippen LogP contribution in [0.15, 0.2) is 12.1 Å². The largest absolute Gasteiger partial charge is 0.495 e. The molecule has 0 atom stereocenters. The highest BCUT2D eigenvalue weighted by Crippen LogP contribution is 2.28. The third-order valence-corrected chi connectivity index (χ3v) is 3.03. The van der Waals surface area contributed by atoms with Crippen LogP contribution in [0.1, 0.15) is 25.6 Å². The summed E-state index contributed by atoms with van der Waals surface area (Å²) in [6, 6.07) is 3.85. The Balaban J connectivity index is 2.53. The van der Waals surface area contributed by atoms with Crippen LogP contribution in [0.3, 0.4) is 0 Å². The van der Waals surface area contributed by atoms with Crippen LogP contribution in [0.2, 0.25) is 0 Å². The van der Waals surface area contributed by atoms with Crippen LogP contribution >= 0.6 is 0 Å². The van der Waals surface area contributed by atoms with E-state index in [-0.39, 0.29) is 0 Å². The number of aromatic nitrogens is 2. The lowest BCUT2D eigenvalue weighted by molar-refractivity contribution is 0.417. The molecule has 0 fully saturated rings. The molecule has 0 aliphatic carbocycles. The zero-order valence-electron chi connectivity index (χ0n) is 10.7. The maximum absolute atomic E-state index is 5.94. The average molecular weight is 233 g/mol. The molecule has 0 unspecified atom stereocenters. The molecule has 4 heteroatoms. The van der Waals surface area contributed by atoms with Gasteiger partial charge in [0.2, 0.25) is 0 Å². The number of benzene rings is 1. The van der Waals surface area contributed by atoms with Crippen molar-refractivity contribution in [2.24, 2.45) is 0 Å². The standard InChI is InChI=1S/C13H19N3O/c1-4-5-6-16-9(2)15-11-8-13(17-3)10(14)7-12(11)16/h7-8H,4-6,14H2,1-3H3. The normalized spacial score (nSPS) is 11.0. The second kappa shape index (κ2) is 4.65. The van der Waals surface area contributed by atoms with Crippen LogP contribution in [0.25, 0.3) is 11.0 Å². The Bertz CT molecular complexity index is 531. The number of unbranched alkanes of at least 4 members (excludes halogenated alkanes) is 1. The van der Waals surface area contributed by atoms with Gasteiger partial charge in [-0.25, -0.2) is 4.98 Å². The fraction of sp³-hybridized carbons (Fsp3) is 0.462. The molecule has 1 heterocycles. The van der Waals surface area contributed by atoms with Crippen LogP contribution in [0.5, 0.6) is 5.75 Å². The number of nitrogens with two attached hydrogens (primary N) is 1. The van der Waals surface area contributed by atoms with Crippen LogP contribution in [0.4, 0.5) is 5.69 Å². The van der Waals surface area contributed by atoms with Crippen molar-refractivity contribution in [3.63, 3.8) is 0 Å². The highest BCUT2D eigenvalue weighted by atomic mass is 16.5. The molecule has 0 aliphatic heterocycles. The Kier molecular flexibility index (Phi) is 3.22. The van der Waals surface area contributed by atoms with Gasteiger partial charge in [0.25, 0.3) is 0 Å². The molecule has 0 saturated carbocycles. The van der Waals surface area contributed by atoms with E-state index in [0.29, 0.717) is 11.4 Å². The van der Waals surface area contributed by atoms with E-state index >= 15 is 0 Å². The maximum atomic E-state index is 5.94. The van der Waals surface area contributed by atoms with Gasteiger partial charge in [-0.05, 0) is 19.4 Å². The molecule has 0 amide bonds. The van der Waals surface area contributed by atoms with Crippen molar-refractivity contribution >= 4 is 16.7 Å². The summed E-state index contributed by atoms with van der Waals surface area (Å²) in [6.07, 6.45) is 2.32. The molecule has 1 aromatic carbocycles. The zero-order chi connectivity index (χ0) is 12.4. The number of ether oxygens (including phenoxy) is 1. The van der Waals surface area contributed by atoms with E-state index in [9.17, 15) is 0 Å². The van der Waals surface area contributed by atoms with Crippen LogP contribution in [-0.2, 0) is 6.54 Å². The fourth-order valence-corrected chi connectivity index (χ4v) is 2.06. The molecule has 2 aromatic rings. The summed E-state index contributed by atoms with van der Waals surface area (Å²) in [5, 5.41) is 0. The van der Waals surface area contributed by atoms with E-state index in [0.717, 1.165) is 29.8 Å². The van der Waals surface area contributed by atoms with Gasteiger partial charge in [0.15, 0.2) is 0 Å². The maximum Gasteiger partial charge on any atom is 0.144 e. The van der Waals surface area contributed by atoms with Crippen molar-refractivity contribution in [2.45, 2.75) is 33.2 Å². The number of nitrogens with zero attached hydrogens (tertiary/aromatic N) is 2. The number of anilines is 1. The van der Waals surface area contributed by atoms with Gasteiger partial charge in [-0.3, -0.25) is 0 Å². The highest BCUT2D eigenvalue weighted by molar-refractivity contribution is 5.83. The molecule has 4 nitrogen and oxygen atoms in total. The van der Waals surface area contributed by atoms with E-state index in [1.807, 2.05) is 19.1 Å². The molecular formula is C13H19N3O. The first-order valence-electron chi connectivity index (χ1n) is 5.97. The molecule has 1 aromatic heterocycles. The van der Waals surface area contributed by atoms with Crippen molar-refractivity contribution in [1.29, 1.82) is 0 Å². The highest BCUT2D eigenvalue weighted by Gasteiger charge is 2.10. The minimum absolute atomic E-state index is 0.664. The summed E-state index contributed by atoms with van der Waals surface area (Å²) in [5.41, 5.74) is 8.64. The van der Waals surface area contributed by atoms with Gasteiger partial charge in [-0.1, -0.05) is 13.3 Å². The first-order chi connectivity index (χ1) is 8.17. The Labute approximate surface area is 101 Å². The fourth-order valence-electron chi connectivity index (χ4n) is 2.06. The lowest BCUT2D eigenvalue weighted by Gasteiger charge is -2.07. The van der Waals surface area contributed by atoms with Crippen LogP contribution < -0.4 is 10.5 Å². The van der Waals surface area contributed by atoms with Gasteiger partial charge in [-0.15, -0.1) is 0 Å². The minimum atomic E-state index is 0.664. The number of imidazole rings is 1. The molecule has 0 bridgehead atoms. The quantitative estimate of drug-likeness (QED) is 0.826. The molecule has 92 valence electrons. The third kappa shape index (κ3) is 2.07. The number of methoxy groups -OCH3 is 1. The lowest BCUT2D eigenvalue weighted by Crippen LogP contribution is -2.00. The predicted octanol–water partition coefficient (Wildman–Crippen LogP) is 2.74. The topological polar surface area (TPSA) is 53.1 Å². The molecular weight excluding hydrogens is 214 g/mol. The summed E-state index contributed by atoms with van der Waals surface area (Å²) in [4.78, 5) is 4.54. The van der Waals surface area contributed by atoms with Crippen LogP contribution in [0, 0.1) is 6.92 Å². The van der Waals surface area contributed by atoms with Crippen LogP contribution in [-0.4, -0.2) is 16.7 Å². The number of hydrogen-bond donors (Lipinski definition) is 1. The van der Waals surface area contributed by atoms with Gasteiger partial charge in [0.1, 0.15) is 11.6 Å². The van der Waals surface area contributed by atoms with Gasteiger partial charge < -0.3 is 15.0 Å². The van der Waals surface area contributed by atoms with E-state index in [1.54, 1.807) is 7.11 Å². The molecule has 0 radical (unpaired) electrons. The van der Waals surface area contributed by atoms with Gasteiger partial charge in [-0.2, -0.15) is 0 Å². The summed E-state index contributed by atoms with van der Waals surface area (Å²) >= 11 is 0. The lowest BCUT2D eigenvalue weighted by atomic mass is 10.2. The third-order valence-electron chi connectivity index (χ3n) is 3.03. The zero-order valence-corrected chi connectivity index (χ0v) is 10.7. The SMILES string of the molecule is CCCCn1c(C)nc2cc(OC)c(N)cc21. The minimum Gasteiger partial charge on any atom is -0.495 e. The second-order valence-corrected chi connectivity index (χ2v) is 4.25. The first-order valence-corrected chi connectivity index (χ1v) is 5.97. The Morgan fingerprint density at radius 3 is 2.82 bits per heavy atom. The molecule has 2 rings (SSSR count). The Morgan fingerprint density at radius 2 is 2.18 bits per heavy atom. The summed E-state index contributed by atoms with van der Waals surface area (Å²) in [6.45, 7) is 5.20.